The van der Waals surface area contributed by atoms with Crippen molar-refractivity contribution >= 4 is 23.2 Å². The third kappa shape index (κ3) is 6.42. The molecular formula is C38H37FN6O4. The molecule has 2 amide bonds. The molecule has 2 aliphatic rings. The van der Waals surface area contributed by atoms with Gasteiger partial charge in [-0.05, 0) is 60.9 Å². The molecule has 2 aliphatic heterocycles. The van der Waals surface area contributed by atoms with Gasteiger partial charge in [0.05, 0.1) is 36.9 Å². The number of anilines is 2. The highest BCUT2D eigenvalue weighted by atomic mass is 19.1. The van der Waals surface area contributed by atoms with Crippen LogP contribution in [0, 0.1) is 12.7 Å². The van der Waals surface area contributed by atoms with Crippen LogP contribution in [0.2, 0.25) is 0 Å². The molecule has 10 nitrogen and oxygen atoms in total. The van der Waals surface area contributed by atoms with Crippen molar-refractivity contribution in [2.45, 2.75) is 25.9 Å². The smallest absolute Gasteiger partial charge is 0.313 e. The predicted octanol–water partition coefficient (Wildman–Crippen LogP) is 5.51. The van der Waals surface area contributed by atoms with Crippen LogP contribution in [0.15, 0.2) is 91.3 Å². The minimum Gasteiger partial charge on any atom is -0.479 e. The number of aromatic nitrogens is 3. The van der Waals surface area contributed by atoms with Gasteiger partial charge in [0.1, 0.15) is 5.82 Å². The van der Waals surface area contributed by atoms with Crippen molar-refractivity contribution in [1.29, 1.82) is 0 Å². The fourth-order valence-corrected chi connectivity index (χ4v) is 6.82. The molecule has 0 spiro atoms. The van der Waals surface area contributed by atoms with E-state index in [0.717, 1.165) is 18.7 Å². The summed E-state index contributed by atoms with van der Waals surface area (Å²) in [7, 11) is 1.80. The number of nitrogens with zero attached hydrogens (tertiary/aromatic N) is 6. The molecule has 0 radical (unpaired) electrons. The summed E-state index contributed by atoms with van der Waals surface area (Å²) in [5, 5.41) is 9.71. The van der Waals surface area contributed by atoms with Crippen molar-refractivity contribution < 1.29 is 23.8 Å². The lowest BCUT2D eigenvalue weighted by Gasteiger charge is -2.40. The zero-order valence-corrected chi connectivity index (χ0v) is 27.4. The fourth-order valence-electron chi connectivity index (χ4n) is 6.82. The highest BCUT2D eigenvalue weighted by Gasteiger charge is 2.34. The van der Waals surface area contributed by atoms with Gasteiger partial charge < -0.3 is 19.3 Å². The highest BCUT2D eigenvalue weighted by molar-refractivity contribution is 6.12. The Balaban J connectivity index is 1.27. The predicted molar refractivity (Wildman–Crippen MR) is 183 cm³/mol. The van der Waals surface area contributed by atoms with Crippen molar-refractivity contribution in [2.75, 3.05) is 37.7 Å². The first-order chi connectivity index (χ1) is 23.8. The van der Waals surface area contributed by atoms with E-state index in [1.165, 1.54) is 35.0 Å². The Labute approximate surface area is 284 Å². The average molecular weight is 661 g/mol. The van der Waals surface area contributed by atoms with E-state index in [2.05, 4.69) is 27.0 Å². The molecule has 5 aromatic rings. The quantitative estimate of drug-likeness (QED) is 0.246. The van der Waals surface area contributed by atoms with E-state index < -0.39 is 11.8 Å². The van der Waals surface area contributed by atoms with E-state index in [1.807, 2.05) is 46.7 Å². The van der Waals surface area contributed by atoms with Crippen molar-refractivity contribution in [3.63, 3.8) is 0 Å². The van der Waals surface area contributed by atoms with Crippen molar-refractivity contribution in [3.05, 3.63) is 125 Å². The molecule has 11 heteroatoms. The molecular weight excluding hydrogens is 623 g/mol. The number of ether oxygens (including phenoxy) is 1. The molecule has 7 rings (SSSR count). The standard InChI is InChI=1S/C38H37FN6O4/c1-25-33(37(47)45(29-10-4-3-5-11-29)31-21-40-38(48)41-22-31)20-35(42(25)2)34-19-28(39)12-13-32(34)36(46)44-23-27-9-7-6-8-26(27)18-30(44)24-43-14-16-49-17-15-43/h3-13,19-22,30H,14-18,23-24H2,1-2H3,(H,40,41,48)/t30-/m0/s1. The largest absolute Gasteiger partial charge is 0.479 e. The van der Waals surface area contributed by atoms with Gasteiger partial charge in [-0.3, -0.25) is 19.4 Å². The number of rotatable bonds is 7. The Bertz CT molecular complexity index is 1990. The molecule has 1 saturated heterocycles. The van der Waals surface area contributed by atoms with Gasteiger partial charge in [-0.15, -0.1) is 0 Å². The lowest BCUT2D eigenvalue weighted by molar-refractivity contribution is 0.0193. The number of morpholine rings is 1. The summed E-state index contributed by atoms with van der Waals surface area (Å²) in [5.41, 5.74) is 5.53. The Kier molecular flexibility index (Phi) is 8.94. The molecule has 1 atom stereocenters. The number of para-hydroxylation sites is 1. The summed E-state index contributed by atoms with van der Waals surface area (Å²) >= 11 is 0. The fraction of sp³-hybridized carbons (Fsp3) is 0.263. The van der Waals surface area contributed by atoms with E-state index in [9.17, 15) is 14.7 Å². The van der Waals surface area contributed by atoms with Crippen LogP contribution in [0.4, 0.5) is 15.8 Å². The minimum atomic E-state index is -0.487. The van der Waals surface area contributed by atoms with E-state index in [0.29, 0.717) is 72.2 Å². The van der Waals surface area contributed by atoms with E-state index in [-0.39, 0.29) is 17.9 Å². The van der Waals surface area contributed by atoms with Gasteiger partial charge in [0, 0.05) is 67.5 Å². The first-order valence-electron chi connectivity index (χ1n) is 16.3. The van der Waals surface area contributed by atoms with Crippen LogP contribution in [-0.4, -0.2) is 80.1 Å². The zero-order valence-electron chi connectivity index (χ0n) is 27.4. The molecule has 2 aromatic heterocycles. The Morgan fingerprint density at radius 1 is 0.918 bits per heavy atom. The van der Waals surface area contributed by atoms with Crippen LogP contribution >= 0.6 is 0 Å². The first kappa shape index (κ1) is 32.2. The number of carbonyl (C=O) groups excluding carboxylic acids is 2. The number of benzene rings is 3. The van der Waals surface area contributed by atoms with Gasteiger partial charge in [-0.2, -0.15) is 0 Å². The lowest BCUT2D eigenvalue weighted by Crippen LogP contribution is -2.52. The molecule has 4 heterocycles. The van der Waals surface area contributed by atoms with Gasteiger partial charge in [-0.25, -0.2) is 14.4 Å². The Morgan fingerprint density at radius 3 is 2.35 bits per heavy atom. The molecule has 0 bridgehead atoms. The van der Waals surface area contributed by atoms with Gasteiger partial charge in [-0.1, -0.05) is 42.5 Å². The van der Waals surface area contributed by atoms with Gasteiger partial charge in [0.2, 0.25) is 0 Å². The second kappa shape index (κ2) is 13.6. The van der Waals surface area contributed by atoms with Crippen LogP contribution in [0.5, 0.6) is 6.01 Å². The van der Waals surface area contributed by atoms with Gasteiger partial charge in [0.15, 0.2) is 0 Å². The number of fused-ring (bicyclic) bond motifs is 1. The van der Waals surface area contributed by atoms with Crippen LogP contribution in [-0.2, 0) is 24.8 Å². The van der Waals surface area contributed by atoms with Crippen molar-refractivity contribution in [2.24, 2.45) is 7.05 Å². The highest BCUT2D eigenvalue weighted by Crippen LogP contribution is 2.35. The second-order valence-corrected chi connectivity index (χ2v) is 12.5. The molecule has 1 N–H and O–H groups in total. The lowest BCUT2D eigenvalue weighted by atomic mass is 9.92. The maximum atomic E-state index is 15.1. The number of hydrogen-bond donors (Lipinski definition) is 1. The summed E-state index contributed by atoms with van der Waals surface area (Å²) in [5.74, 6) is -1.05. The summed E-state index contributed by atoms with van der Waals surface area (Å²) in [4.78, 5) is 42.5. The van der Waals surface area contributed by atoms with Crippen LogP contribution in [0.3, 0.4) is 0 Å². The van der Waals surface area contributed by atoms with E-state index >= 15 is 4.39 Å². The van der Waals surface area contributed by atoms with Crippen molar-refractivity contribution in [3.8, 4) is 17.3 Å². The van der Waals surface area contributed by atoms with E-state index in [1.54, 1.807) is 31.3 Å². The van der Waals surface area contributed by atoms with E-state index in [4.69, 9.17) is 4.74 Å². The molecule has 0 aliphatic carbocycles. The third-order valence-electron chi connectivity index (χ3n) is 9.54. The third-order valence-corrected chi connectivity index (χ3v) is 9.54. The number of hydrogen-bond acceptors (Lipinski definition) is 7. The number of halogens is 1. The van der Waals surface area contributed by atoms with Crippen LogP contribution in [0.25, 0.3) is 11.3 Å². The average Bonchev–Trinajstić information content (AvgIpc) is 3.42. The number of amides is 2. The molecule has 0 unspecified atom stereocenters. The molecule has 250 valence electrons. The number of carbonyl (C=O) groups is 2. The summed E-state index contributed by atoms with van der Waals surface area (Å²) in [6.45, 7) is 5.89. The number of aromatic hydroxyl groups is 1. The molecule has 1 fully saturated rings. The second-order valence-electron chi connectivity index (χ2n) is 12.5. The molecule has 3 aromatic carbocycles. The van der Waals surface area contributed by atoms with Crippen LogP contribution < -0.4 is 4.90 Å². The van der Waals surface area contributed by atoms with Gasteiger partial charge in [0.25, 0.3) is 11.8 Å². The monoisotopic (exact) mass is 660 g/mol. The van der Waals surface area contributed by atoms with Crippen LogP contribution in [0.1, 0.15) is 37.5 Å². The summed E-state index contributed by atoms with van der Waals surface area (Å²) in [6, 6.07) is 22.7. The normalized spacial score (nSPS) is 16.3. The minimum absolute atomic E-state index is 0.0855. The van der Waals surface area contributed by atoms with Crippen molar-refractivity contribution in [1.82, 2.24) is 24.3 Å². The maximum Gasteiger partial charge on any atom is 0.313 e. The maximum absolute atomic E-state index is 15.1. The summed E-state index contributed by atoms with van der Waals surface area (Å²) < 4.78 is 22.4. The van der Waals surface area contributed by atoms with Gasteiger partial charge >= 0.3 is 6.01 Å². The SMILES string of the molecule is Cc1c(C(=O)N(c2ccccc2)c2cnc(O)nc2)cc(-c2cc(F)ccc2C(=O)N2Cc3ccccc3C[C@H]2CN2CCOCC2)n1C. The Hall–Kier alpha value is -5.39. The Morgan fingerprint density at radius 2 is 1.61 bits per heavy atom. The molecule has 49 heavy (non-hydrogen) atoms. The summed E-state index contributed by atoms with van der Waals surface area (Å²) in [6.07, 6.45) is 3.47. The molecule has 0 saturated carbocycles. The zero-order chi connectivity index (χ0) is 34.1. The first-order valence-corrected chi connectivity index (χ1v) is 16.3. The topological polar surface area (TPSA) is 104 Å².